The third kappa shape index (κ3) is 5.49. The zero-order valence-corrected chi connectivity index (χ0v) is 11.9. The van der Waals surface area contributed by atoms with Gasteiger partial charge in [-0.1, -0.05) is 15.9 Å². The zero-order chi connectivity index (χ0) is 13.8. The first-order valence-electron chi connectivity index (χ1n) is 5.10. The van der Waals surface area contributed by atoms with Crippen LogP contribution in [-0.4, -0.2) is 23.0 Å². The Morgan fingerprint density at radius 3 is 2.67 bits per heavy atom. The molecule has 1 N–H and O–H groups in total. The maximum Gasteiger partial charge on any atom is 0.441 e. The molecule has 1 aromatic carbocycles. The summed E-state index contributed by atoms with van der Waals surface area (Å²) in [7, 11) is 0. The van der Waals surface area contributed by atoms with E-state index >= 15 is 0 Å². The van der Waals surface area contributed by atoms with Gasteiger partial charge in [-0.05, 0) is 36.9 Å². The fourth-order valence-electron chi connectivity index (χ4n) is 1.29. The summed E-state index contributed by atoms with van der Waals surface area (Å²) in [4.78, 5) is 0. The van der Waals surface area contributed by atoms with Crippen LogP contribution >= 0.6 is 27.7 Å². The maximum absolute atomic E-state index is 11.9. The molecule has 1 atom stereocenters. The van der Waals surface area contributed by atoms with Crippen molar-refractivity contribution in [1.82, 2.24) is 0 Å². The van der Waals surface area contributed by atoms with Gasteiger partial charge in [0, 0.05) is 15.8 Å². The van der Waals surface area contributed by atoms with Crippen LogP contribution in [0.25, 0.3) is 0 Å². The Hall–Kier alpha value is -0.400. The van der Waals surface area contributed by atoms with E-state index in [0.29, 0.717) is 11.3 Å². The van der Waals surface area contributed by atoms with Crippen molar-refractivity contribution in [2.24, 2.45) is 0 Å². The number of rotatable bonds is 5. The molecule has 0 aliphatic heterocycles. The van der Waals surface area contributed by atoms with Gasteiger partial charge in [0.25, 0.3) is 0 Å². The molecular weight excluding hydrogens is 333 g/mol. The summed E-state index contributed by atoms with van der Waals surface area (Å²) in [5.74, 6) is 0.217. The minimum Gasteiger partial charge on any atom is -0.492 e. The Bertz CT molecular complexity index is 396. The molecular formula is C11H12BrF3O2S. The second-order valence-corrected chi connectivity index (χ2v) is 5.58. The summed E-state index contributed by atoms with van der Waals surface area (Å²) in [6.07, 6.45) is -0.743. The van der Waals surface area contributed by atoms with Gasteiger partial charge in [0.15, 0.2) is 0 Å². The summed E-state index contributed by atoms with van der Waals surface area (Å²) in [6.45, 7) is 1.50. The number of aliphatic hydroxyl groups is 1. The van der Waals surface area contributed by atoms with E-state index in [9.17, 15) is 18.3 Å². The molecule has 0 heterocycles. The van der Waals surface area contributed by atoms with Crippen LogP contribution < -0.4 is 4.74 Å². The Morgan fingerprint density at radius 1 is 1.44 bits per heavy atom. The first-order valence-corrected chi connectivity index (χ1v) is 6.88. The van der Waals surface area contributed by atoms with Crippen molar-refractivity contribution in [3.63, 3.8) is 0 Å². The predicted octanol–water partition coefficient (Wildman–Crippen LogP) is 4.13. The number of aliphatic hydroxyl groups excluding tert-OH is 1. The smallest absolute Gasteiger partial charge is 0.441 e. The normalized spacial score (nSPS) is 13.4. The van der Waals surface area contributed by atoms with Crippen molar-refractivity contribution in [3.05, 3.63) is 28.2 Å². The highest BCUT2D eigenvalue weighted by Crippen LogP contribution is 2.31. The SMILES string of the molecule is CC(O)c1cc(Br)ccc1OCCSC(F)(F)F. The molecule has 0 bridgehead atoms. The average molecular weight is 345 g/mol. The van der Waals surface area contributed by atoms with Crippen LogP contribution in [-0.2, 0) is 0 Å². The van der Waals surface area contributed by atoms with E-state index < -0.39 is 11.6 Å². The fraction of sp³-hybridized carbons (Fsp3) is 0.455. The molecule has 0 aliphatic carbocycles. The lowest BCUT2D eigenvalue weighted by Crippen LogP contribution is -2.08. The van der Waals surface area contributed by atoms with Crippen LogP contribution in [0, 0.1) is 0 Å². The molecule has 0 saturated heterocycles. The molecule has 0 saturated carbocycles. The van der Waals surface area contributed by atoms with Gasteiger partial charge < -0.3 is 9.84 Å². The first-order chi connectivity index (χ1) is 8.29. The average Bonchev–Trinajstić information content (AvgIpc) is 2.24. The first kappa shape index (κ1) is 15.7. The second kappa shape index (κ2) is 6.68. The molecule has 0 fully saturated rings. The molecule has 7 heteroatoms. The number of benzene rings is 1. The summed E-state index contributed by atoms with van der Waals surface area (Å²) in [5.41, 5.74) is -3.70. The molecule has 2 nitrogen and oxygen atoms in total. The van der Waals surface area contributed by atoms with E-state index in [1.54, 1.807) is 25.1 Å². The maximum atomic E-state index is 11.9. The van der Waals surface area contributed by atoms with E-state index in [2.05, 4.69) is 15.9 Å². The van der Waals surface area contributed by atoms with Crippen molar-refractivity contribution >= 4 is 27.7 Å². The third-order valence-corrected chi connectivity index (χ3v) is 3.22. The van der Waals surface area contributed by atoms with Crippen molar-refractivity contribution in [1.29, 1.82) is 0 Å². The van der Waals surface area contributed by atoms with Crippen LogP contribution in [0.2, 0.25) is 0 Å². The monoisotopic (exact) mass is 344 g/mol. The van der Waals surface area contributed by atoms with Gasteiger partial charge in [0.2, 0.25) is 0 Å². The highest BCUT2D eigenvalue weighted by molar-refractivity contribution is 9.10. The minimum absolute atomic E-state index is 0.0640. The molecule has 1 aromatic rings. The van der Waals surface area contributed by atoms with Crippen molar-refractivity contribution in [2.75, 3.05) is 12.4 Å². The summed E-state index contributed by atoms with van der Waals surface area (Å²) in [5, 5.41) is 9.53. The van der Waals surface area contributed by atoms with Crippen LogP contribution in [0.1, 0.15) is 18.6 Å². The van der Waals surface area contributed by atoms with Gasteiger partial charge in [0.05, 0.1) is 12.7 Å². The molecule has 0 radical (unpaired) electrons. The van der Waals surface area contributed by atoms with Gasteiger partial charge in [-0.3, -0.25) is 0 Å². The number of thioether (sulfide) groups is 1. The molecule has 18 heavy (non-hydrogen) atoms. The predicted molar refractivity (Wildman–Crippen MR) is 68.8 cm³/mol. The Balaban J connectivity index is 2.57. The van der Waals surface area contributed by atoms with Crippen molar-refractivity contribution in [3.8, 4) is 5.75 Å². The van der Waals surface area contributed by atoms with Gasteiger partial charge in [-0.25, -0.2) is 0 Å². The summed E-state index contributed by atoms with van der Waals surface area (Å²) in [6, 6.07) is 5.00. The Kier molecular flexibility index (Phi) is 5.81. The zero-order valence-electron chi connectivity index (χ0n) is 9.50. The van der Waals surface area contributed by atoms with Crippen LogP contribution in [0.15, 0.2) is 22.7 Å². The quantitative estimate of drug-likeness (QED) is 0.814. The number of halogens is 4. The van der Waals surface area contributed by atoms with Crippen molar-refractivity contribution < 1.29 is 23.0 Å². The standard InChI is InChI=1S/C11H12BrF3O2S/c1-7(16)9-6-8(12)2-3-10(9)17-4-5-18-11(13,14)15/h2-3,6-7,16H,4-5H2,1H3. The highest BCUT2D eigenvalue weighted by Gasteiger charge is 2.27. The third-order valence-electron chi connectivity index (χ3n) is 2.03. The van der Waals surface area contributed by atoms with E-state index in [1.807, 2.05) is 0 Å². The minimum atomic E-state index is -4.24. The number of alkyl halides is 3. The number of hydrogen-bond acceptors (Lipinski definition) is 3. The number of ether oxygens (including phenoxy) is 1. The lowest BCUT2D eigenvalue weighted by atomic mass is 10.1. The van der Waals surface area contributed by atoms with E-state index in [0.717, 1.165) is 4.47 Å². The lowest BCUT2D eigenvalue weighted by Gasteiger charge is -2.14. The lowest BCUT2D eigenvalue weighted by molar-refractivity contribution is -0.0329. The molecule has 0 aromatic heterocycles. The molecule has 0 aliphatic rings. The Labute approximate surface area is 116 Å². The topological polar surface area (TPSA) is 29.5 Å². The molecule has 102 valence electrons. The molecule has 0 amide bonds. The largest absolute Gasteiger partial charge is 0.492 e. The Morgan fingerprint density at radius 2 is 2.11 bits per heavy atom. The number of hydrogen-bond donors (Lipinski definition) is 1. The van der Waals surface area contributed by atoms with Crippen LogP contribution in [0.5, 0.6) is 5.75 Å². The van der Waals surface area contributed by atoms with Crippen LogP contribution in [0.3, 0.4) is 0 Å². The van der Waals surface area contributed by atoms with E-state index in [-0.39, 0.29) is 24.1 Å². The van der Waals surface area contributed by atoms with E-state index in [1.165, 1.54) is 0 Å². The van der Waals surface area contributed by atoms with Gasteiger partial charge >= 0.3 is 5.51 Å². The highest BCUT2D eigenvalue weighted by atomic mass is 79.9. The molecule has 1 unspecified atom stereocenters. The van der Waals surface area contributed by atoms with E-state index in [4.69, 9.17) is 4.74 Å². The fourth-order valence-corrected chi connectivity index (χ4v) is 2.06. The molecule has 0 spiro atoms. The van der Waals surface area contributed by atoms with Gasteiger partial charge in [-0.15, -0.1) is 0 Å². The van der Waals surface area contributed by atoms with Crippen LogP contribution in [0.4, 0.5) is 13.2 Å². The molecule has 1 rings (SSSR count). The summed E-state index contributed by atoms with van der Waals surface area (Å²) < 4.78 is 41.7. The van der Waals surface area contributed by atoms with Gasteiger partial charge in [-0.2, -0.15) is 13.2 Å². The van der Waals surface area contributed by atoms with Crippen molar-refractivity contribution in [2.45, 2.75) is 18.5 Å². The summed E-state index contributed by atoms with van der Waals surface area (Å²) >= 11 is 3.13. The second-order valence-electron chi connectivity index (χ2n) is 3.50. The van der Waals surface area contributed by atoms with Gasteiger partial charge in [0.1, 0.15) is 5.75 Å².